The Kier molecular flexibility index (Phi) is 6.85. The molecule has 0 bridgehead atoms. The molecule has 0 aromatic carbocycles. The van der Waals surface area contributed by atoms with Crippen LogP contribution >= 0.6 is 0 Å². The molecule has 0 radical (unpaired) electrons. The maximum atomic E-state index is 12.5. The summed E-state index contributed by atoms with van der Waals surface area (Å²) in [6, 6.07) is 0.442. The van der Waals surface area contributed by atoms with Crippen molar-refractivity contribution in [3.8, 4) is 0 Å². The Balaban J connectivity index is 1.77. The largest absolute Gasteiger partial charge is 0.353 e. The maximum absolute atomic E-state index is 12.5. The second-order valence-corrected chi connectivity index (χ2v) is 6.86. The number of carbonyl (C=O) groups excluding carboxylic acids is 1. The molecule has 116 valence electrons. The van der Waals surface area contributed by atoms with Gasteiger partial charge >= 0.3 is 0 Å². The van der Waals surface area contributed by atoms with Crippen LogP contribution in [0.15, 0.2) is 0 Å². The Morgan fingerprint density at radius 2 is 1.65 bits per heavy atom. The van der Waals surface area contributed by atoms with Crippen LogP contribution < -0.4 is 11.1 Å². The number of amides is 1. The third-order valence-corrected chi connectivity index (χ3v) is 5.18. The molecule has 0 saturated heterocycles. The number of nitrogens with one attached hydrogen (secondary N) is 1. The summed E-state index contributed by atoms with van der Waals surface area (Å²) in [6.45, 7) is 0.766. The fourth-order valence-electron chi connectivity index (χ4n) is 3.95. The van der Waals surface area contributed by atoms with Gasteiger partial charge in [-0.25, -0.2) is 0 Å². The van der Waals surface area contributed by atoms with Gasteiger partial charge in [-0.1, -0.05) is 44.9 Å². The Morgan fingerprint density at radius 1 is 0.950 bits per heavy atom. The van der Waals surface area contributed by atoms with Gasteiger partial charge in [0, 0.05) is 12.0 Å². The second-order valence-electron chi connectivity index (χ2n) is 6.86. The van der Waals surface area contributed by atoms with Gasteiger partial charge in [0.2, 0.25) is 5.91 Å². The van der Waals surface area contributed by atoms with Crippen LogP contribution in [-0.2, 0) is 4.79 Å². The van der Waals surface area contributed by atoms with Gasteiger partial charge in [-0.3, -0.25) is 4.79 Å². The molecular weight excluding hydrogens is 248 g/mol. The Hall–Kier alpha value is -0.570. The van der Waals surface area contributed by atoms with Gasteiger partial charge in [0.1, 0.15) is 0 Å². The van der Waals surface area contributed by atoms with Crippen molar-refractivity contribution >= 4 is 5.91 Å². The summed E-state index contributed by atoms with van der Waals surface area (Å²) in [7, 11) is 0. The molecule has 0 heterocycles. The van der Waals surface area contributed by atoms with Crippen molar-refractivity contribution in [3.05, 3.63) is 0 Å². The van der Waals surface area contributed by atoms with E-state index in [4.69, 9.17) is 5.73 Å². The molecule has 3 heteroatoms. The first-order valence-electron chi connectivity index (χ1n) is 8.80. The fourth-order valence-corrected chi connectivity index (χ4v) is 3.95. The summed E-state index contributed by atoms with van der Waals surface area (Å²) in [6.07, 6.45) is 14.7. The van der Waals surface area contributed by atoms with E-state index in [1.54, 1.807) is 0 Å². The molecule has 0 aromatic rings. The summed E-state index contributed by atoms with van der Waals surface area (Å²) in [5, 5.41) is 3.35. The molecule has 2 aliphatic rings. The predicted molar refractivity (Wildman–Crippen MR) is 83.4 cm³/mol. The van der Waals surface area contributed by atoms with Crippen LogP contribution in [-0.4, -0.2) is 18.5 Å². The number of carbonyl (C=O) groups is 1. The van der Waals surface area contributed by atoms with Gasteiger partial charge in [0.05, 0.1) is 0 Å². The molecule has 2 atom stereocenters. The molecule has 2 saturated carbocycles. The van der Waals surface area contributed by atoms with E-state index in [-0.39, 0.29) is 5.92 Å². The second kappa shape index (κ2) is 8.66. The van der Waals surface area contributed by atoms with E-state index >= 15 is 0 Å². The van der Waals surface area contributed by atoms with Gasteiger partial charge in [-0.15, -0.1) is 0 Å². The lowest BCUT2D eigenvalue weighted by Gasteiger charge is -2.30. The number of rotatable bonds is 4. The van der Waals surface area contributed by atoms with Gasteiger partial charge in [-0.2, -0.15) is 0 Å². The van der Waals surface area contributed by atoms with Crippen molar-refractivity contribution < 1.29 is 4.79 Å². The monoisotopic (exact) mass is 280 g/mol. The number of hydrogen-bond donors (Lipinski definition) is 2. The molecule has 20 heavy (non-hydrogen) atoms. The molecule has 3 nitrogen and oxygen atoms in total. The summed E-state index contributed by atoms with van der Waals surface area (Å²) in [5.74, 6) is 1.27. The zero-order valence-corrected chi connectivity index (χ0v) is 12.9. The Labute approximate surface area is 124 Å². The van der Waals surface area contributed by atoms with E-state index in [1.807, 2.05) is 0 Å². The molecule has 3 N–H and O–H groups in total. The van der Waals surface area contributed by atoms with Crippen LogP contribution in [0, 0.1) is 11.8 Å². The quantitative estimate of drug-likeness (QED) is 0.829. The SMILES string of the molecule is NCCC1CCCC(C(=O)NC2CCCCCCC2)C1. The molecule has 2 rings (SSSR count). The van der Waals surface area contributed by atoms with E-state index in [2.05, 4.69) is 5.32 Å². The van der Waals surface area contributed by atoms with E-state index < -0.39 is 0 Å². The zero-order valence-electron chi connectivity index (χ0n) is 12.9. The van der Waals surface area contributed by atoms with Crippen molar-refractivity contribution in [2.24, 2.45) is 17.6 Å². The highest BCUT2D eigenvalue weighted by atomic mass is 16.1. The normalized spacial score (nSPS) is 29.4. The Bertz CT molecular complexity index is 283. The number of hydrogen-bond acceptors (Lipinski definition) is 2. The lowest BCUT2D eigenvalue weighted by molar-refractivity contribution is -0.127. The van der Waals surface area contributed by atoms with Crippen LogP contribution in [0.3, 0.4) is 0 Å². The van der Waals surface area contributed by atoms with Crippen LogP contribution in [0.25, 0.3) is 0 Å². The summed E-state index contributed by atoms with van der Waals surface area (Å²) in [5.41, 5.74) is 5.66. The Morgan fingerprint density at radius 3 is 2.35 bits per heavy atom. The smallest absolute Gasteiger partial charge is 0.223 e. The molecule has 2 fully saturated rings. The first-order valence-corrected chi connectivity index (χ1v) is 8.80. The average Bonchev–Trinajstić information content (AvgIpc) is 2.42. The van der Waals surface area contributed by atoms with Gasteiger partial charge in [-0.05, 0) is 44.6 Å². The van der Waals surface area contributed by atoms with E-state index in [0.29, 0.717) is 17.9 Å². The first-order chi connectivity index (χ1) is 9.79. The highest BCUT2D eigenvalue weighted by molar-refractivity contribution is 5.79. The minimum absolute atomic E-state index is 0.255. The van der Waals surface area contributed by atoms with E-state index in [1.165, 1.54) is 57.8 Å². The highest BCUT2D eigenvalue weighted by Gasteiger charge is 2.28. The van der Waals surface area contributed by atoms with Crippen LogP contribution in [0.4, 0.5) is 0 Å². The lowest BCUT2D eigenvalue weighted by atomic mass is 9.79. The van der Waals surface area contributed by atoms with Gasteiger partial charge in [0.25, 0.3) is 0 Å². The lowest BCUT2D eigenvalue weighted by Crippen LogP contribution is -2.40. The highest BCUT2D eigenvalue weighted by Crippen LogP contribution is 2.31. The molecule has 0 aliphatic heterocycles. The van der Waals surface area contributed by atoms with Gasteiger partial charge in [0.15, 0.2) is 0 Å². The van der Waals surface area contributed by atoms with Crippen molar-refractivity contribution in [2.75, 3.05) is 6.54 Å². The fraction of sp³-hybridized carbons (Fsp3) is 0.941. The first kappa shape index (κ1) is 15.8. The molecular formula is C17H32N2O. The summed E-state index contributed by atoms with van der Waals surface area (Å²) < 4.78 is 0. The van der Waals surface area contributed by atoms with Crippen LogP contribution in [0.2, 0.25) is 0 Å². The third kappa shape index (κ3) is 5.08. The maximum Gasteiger partial charge on any atom is 0.223 e. The van der Waals surface area contributed by atoms with Crippen molar-refractivity contribution in [2.45, 2.75) is 83.1 Å². The molecule has 2 aliphatic carbocycles. The van der Waals surface area contributed by atoms with Gasteiger partial charge < -0.3 is 11.1 Å². The van der Waals surface area contributed by atoms with Crippen LogP contribution in [0.1, 0.15) is 77.0 Å². The molecule has 2 unspecified atom stereocenters. The van der Waals surface area contributed by atoms with Crippen molar-refractivity contribution in [1.82, 2.24) is 5.32 Å². The third-order valence-electron chi connectivity index (χ3n) is 5.18. The van der Waals surface area contributed by atoms with Crippen molar-refractivity contribution in [1.29, 1.82) is 0 Å². The van der Waals surface area contributed by atoms with Crippen LogP contribution in [0.5, 0.6) is 0 Å². The standard InChI is InChI=1S/C17H32N2O/c18-12-11-14-7-6-8-15(13-14)17(20)19-16-9-4-2-1-3-5-10-16/h14-16H,1-13,18H2,(H,19,20). The minimum atomic E-state index is 0.255. The molecule has 0 aromatic heterocycles. The number of nitrogens with two attached hydrogens (primary N) is 1. The predicted octanol–water partition coefficient (Wildman–Crippen LogP) is 3.37. The van der Waals surface area contributed by atoms with Crippen molar-refractivity contribution in [3.63, 3.8) is 0 Å². The molecule has 1 amide bonds. The summed E-state index contributed by atoms with van der Waals surface area (Å²) >= 11 is 0. The average molecular weight is 280 g/mol. The summed E-state index contributed by atoms with van der Waals surface area (Å²) in [4.78, 5) is 12.5. The topological polar surface area (TPSA) is 55.1 Å². The van der Waals surface area contributed by atoms with E-state index in [0.717, 1.165) is 25.8 Å². The molecule has 0 spiro atoms. The van der Waals surface area contributed by atoms with E-state index in [9.17, 15) is 4.79 Å². The minimum Gasteiger partial charge on any atom is -0.353 e. The zero-order chi connectivity index (χ0) is 14.2.